The van der Waals surface area contributed by atoms with Crippen molar-refractivity contribution in [1.82, 2.24) is 4.98 Å². The zero-order valence-electron chi connectivity index (χ0n) is 11.9. The number of hydrogen-bond acceptors (Lipinski definition) is 6. The standard InChI is InChI=1S/C13H22N2O2S2/c1-5-17-12(16)9(14)6-18-8-11-15-10(7-19-11)13(2,3)4/h7,9H,5-6,8,14H2,1-4H3. The molecule has 1 unspecified atom stereocenters. The fourth-order valence-electron chi connectivity index (χ4n) is 1.31. The van der Waals surface area contributed by atoms with Crippen molar-refractivity contribution in [2.45, 2.75) is 44.9 Å². The number of nitrogens with zero attached hydrogens (tertiary/aromatic N) is 1. The lowest BCUT2D eigenvalue weighted by atomic mass is 9.93. The lowest BCUT2D eigenvalue weighted by Crippen LogP contribution is -2.34. The quantitative estimate of drug-likeness (QED) is 0.818. The molecule has 1 aromatic heterocycles. The van der Waals surface area contributed by atoms with Gasteiger partial charge in [0, 0.05) is 22.3 Å². The van der Waals surface area contributed by atoms with E-state index in [2.05, 4.69) is 31.1 Å². The van der Waals surface area contributed by atoms with Gasteiger partial charge in [-0.25, -0.2) is 4.98 Å². The predicted molar refractivity (Wildman–Crippen MR) is 81.6 cm³/mol. The highest BCUT2D eigenvalue weighted by molar-refractivity contribution is 7.98. The maximum atomic E-state index is 11.3. The Kier molecular flexibility index (Phi) is 6.29. The van der Waals surface area contributed by atoms with Crippen LogP contribution in [0.5, 0.6) is 0 Å². The van der Waals surface area contributed by atoms with Crippen molar-refractivity contribution >= 4 is 29.1 Å². The van der Waals surface area contributed by atoms with Crippen molar-refractivity contribution in [3.8, 4) is 0 Å². The van der Waals surface area contributed by atoms with Gasteiger partial charge in [-0.3, -0.25) is 4.79 Å². The molecule has 0 aromatic carbocycles. The summed E-state index contributed by atoms with van der Waals surface area (Å²) < 4.78 is 4.86. The van der Waals surface area contributed by atoms with Crippen LogP contribution in [-0.2, 0) is 20.7 Å². The summed E-state index contributed by atoms with van der Waals surface area (Å²) in [7, 11) is 0. The highest BCUT2D eigenvalue weighted by Gasteiger charge is 2.18. The van der Waals surface area contributed by atoms with Gasteiger partial charge < -0.3 is 10.5 Å². The first-order valence-electron chi connectivity index (χ1n) is 6.29. The van der Waals surface area contributed by atoms with Crippen LogP contribution >= 0.6 is 23.1 Å². The average Bonchev–Trinajstić information content (AvgIpc) is 2.77. The van der Waals surface area contributed by atoms with E-state index >= 15 is 0 Å². The molecule has 1 rings (SSSR count). The van der Waals surface area contributed by atoms with Gasteiger partial charge in [-0.2, -0.15) is 11.8 Å². The highest BCUT2D eigenvalue weighted by atomic mass is 32.2. The topological polar surface area (TPSA) is 65.2 Å². The summed E-state index contributed by atoms with van der Waals surface area (Å²) in [4.78, 5) is 15.9. The largest absolute Gasteiger partial charge is 0.465 e. The van der Waals surface area contributed by atoms with E-state index in [1.165, 1.54) is 0 Å². The van der Waals surface area contributed by atoms with Crippen LogP contribution in [-0.4, -0.2) is 29.4 Å². The molecule has 19 heavy (non-hydrogen) atoms. The first kappa shape index (κ1) is 16.5. The first-order chi connectivity index (χ1) is 8.84. The third-order valence-electron chi connectivity index (χ3n) is 2.43. The van der Waals surface area contributed by atoms with Gasteiger partial charge in [0.2, 0.25) is 0 Å². The molecule has 0 aliphatic heterocycles. The Morgan fingerprint density at radius 1 is 1.58 bits per heavy atom. The van der Waals surface area contributed by atoms with E-state index in [0.717, 1.165) is 16.5 Å². The number of thiazole rings is 1. The Morgan fingerprint density at radius 2 is 2.26 bits per heavy atom. The third kappa shape index (κ3) is 5.50. The summed E-state index contributed by atoms with van der Waals surface area (Å²) in [6.45, 7) is 8.60. The van der Waals surface area contributed by atoms with Crippen LogP contribution in [0, 0.1) is 0 Å². The summed E-state index contributed by atoms with van der Waals surface area (Å²) in [5.74, 6) is 1.02. The average molecular weight is 302 g/mol. The van der Waals surface area contributed by atoms with Crippen LogP contribution in [0.25, 0.3) is 0 Å². The van der Waals surface area contributed by atoms with E-state index < -0.39 is 6.04 Å². The number of nitrogens with two attached hydrogens (primary N) is 1. The minimum Gasteiger partial charge on any atom is -0.465 e. The number of rotatable bonds is 6. The van der Waals surface area contributed by atoms with Crippen molar-refractivity contribution in [3.05, 3.63) is 16.1 Å². The minimum absolute atomic E-state index is 0.0841. The number of thioether (sulfide) groups is 1. The van der Waals surface area contributed by atoms with E-state index in [1.807, 2.05) is 0 Å². The van der Waals surface area contributed by atoms with Gasteiger partial charge >= 0.3 is 5.97 Å². The third-order valence-corrected chi connectivity index (χ3v) is 4.54. The molecule has 0 aliphatic carbocycles. The minimum atomic E-state index is -0.549. The maximum absolute atomic E-state index is 11.3. The zero-order chi connectivity index (χ0) is 14.5. The van der Waals surface area contributed by atoms with E-state index in [9.17, 15) is 4.79 Å². The number of aromatic nitrogens is 1. The van der Waals surface area contributed by atoms with E-state index in [4.69, 9.17) is 10.5 Å². The van der Waals surface area contributed by atoms with Gasteiger partial charge in [-0.05, 0) is 6.92 Å². The molecule has 0 saturated carbocycles. The lowest BCUT2D eigenvalue weighted by Gasteiger charge is -2.14. The van der Waals surface area contributed by atoms with Crippen LogP contribution in [0.3, 0.4) is 0 Å². The smallest absolute Gasteiger partial charge is 0.323 e. The van der Waals surface area contributed by atoms with E-state index in [-0.39, 0.29) is 11.4 Å². The number of esters is 1. The molecular formula is C13H22N2O2S2. The number of ether oxygens (including phenoxy) is 1. The molecule has 0 spiro atoms. The molecule has 0 fully saturated rings. The monoisotopic (exact) mass is 302 g/mol. The van der Waals surface area contributed by atoms with Crippen LogP contribution < -0.4 is 5.73 Å². The second kappa shape index (κ2) is 7.26. The second-order valence-electron chi connectivity index (χ2n) is 5.25. The molecule has 1 heterocycles. The molecule has 0 amide bonds. The number of carbonyl (C=O) groups excluding carboxylic acids is 1. The summed E-state index contributed by atoms with van der Waals surface area (Å²) in [5.41, 5.74) is 6.93. The van der Waals surface area contributed by atoms with Gasteiger partial charge in [0.15, 0.2) is 0 Å². The van der Waals surface area contributed by atoms with Crippen molar-refractivity contribution in [2.24, 2.45) is 5.73 Å². The molecule has 6 heteroatoms. The molecule has 1 atom stereocenters. The Hall–Kier alpha value is -0.590. The van der Waals surface area contributed by atoms with Crippen LogP contribution in [0.2, 0.25) is 0 Å². The van der Waals surface area contributed by atoms with Crippen LogP contribution in [0.1, 0.15) is 38.4 Å². The van der Waals surface area contributed by atoms with Crippen molar-refractivity contribution < 1.29 is 9.53 Å². The molecule has 0 saturated heterocycles. The van der Waals surface area contributed by atoms with Gasteiger partial charge in [-0.15, -0.1) is 11.3 Å². The molecule has 2 N–H and O–H groups in total. The van der Waals surface area contributed by atoms with Crippen LogP contribution in [0.15, 0.2) is 5.38 Å². The summed E-state index contributed by atoms with van der Waals surface area (Å²) >= 11 is 3.27. The Morgan fingerprint density at radius 3 is 2.79 bits per heavy atom. The van der Waals surface area contributed by atoms with Crippen molar-refractivity contribution in [3.63, 3.8) is 0 Å². The lowest BCUT2D eigenvalue weighted by molar-refractivity contribution is -0.144. The Balaban J connectivity index is 2.37. The van der Waals surface area contributed by atoms with Gasteiger partial charge in [0.05, 0.1) is 12.3 Å². The second-order valence-corrected chi connectivity index (χ2v) is 7.22. The summed E-state index contributed by atoms with van der Waals surface area (Å²) in [6.07, 6.45) is 0. The maximum Gasteiger partial charge on any atom is 0.323 e. The Bertz CT molecular complexity index is 413. The summed E-state index contributed by atoms with van der Waals surface area (Å²) in [5, 5.41) is 3.17. The van der Waals surface area contributed by atoms with E-state index in [0.29, 0.717) is 12.4 Å². The normalized spacial score (nSPS) is 13.3. The molecule has 0 bridgehead atoms. The molecule has 0 aliphatic rings. The van der Waals surface area contributed by atoms with Gasteiger partial charge in [0.1, 0.15) is 11.0 Å². The highest BCUT2D eigenvalue weighted by Crippen LogP contribution is 2.25. The first-order valence-corrected chi connectivity index (χ1v) is 8.33. The number of hydrogen-bond donors (Lipinski definition) is 1. The molecule has 4 nitrogen and oxygen atoms in total. The van der Waals surface area contributed by atoms with Crippen LogP contribution in [0.4, 0.5) is 0 Å². The summed E-state index contributed by atoms with van der Waals surface area (Å²) in [6, 6.07) is -0.549. The molecule has 0 radical (unpaired) electrons. The zero-order valence-corrected chi connectivity index (χ0v) is 13.6. The molecule has 108 valence electrons. The van der Waals surface area contributed by atoms with Gasteiger partial charge in [0.25, 0.3) is 0 Å². The van der Waals surface area contributed by atoms with Crippen molar-refractivity contribution in [1.29, 1.82) is 0 Å². The van der Waals surface area contributed by atoms with Crippen molar-refractivity contribution in [2.75, 3.05) is 12.4 Å². The molecule has 1 aromatic rings. The predicted octanol–water partition coefficient (Wildman–Crippen LogP) is 2.56. The SMILES string of the molecule is CCOC(=O)C(N)CSCc1nc(C(C)(C)C)cs1. The fraction of sp³-hybridized carbons (Fsp3) is 0.692. The van der Waals surface area contributed by atoms with E-state index in [1.54, 1.807) is 30.0 Å². The van der Waals surface area contributed by atoms with Gasteiger partial charge in [-0.1, -0.05) is 20.8 Å². The fourth-order valence-corrected chi connectivity index (χ4v) is 3.39. The Labute approximate surface area is 123 Å². The number of carbonyl (C=O) groups is 1. The molecular weight excluding hydrogens is 280 g/mol.